The number of aryl methyl sites for hydroxylation is 1. The van der Waals surface area contributed by atoms with Gasteiger partial charge in [-0.1, -0.05) is 26.3 Å². The van der Waals surface area contributed by atoms with Gasteiger partial charge in [-0.3, -0.25) is 9.67 Å². The number of pyridine rings is 1. The number of hydrogen-bond donors (Lipinski definition) is 1. The van der Waals surface area contributed by atoms with Crippen molar-refractivity contribution in [2.24, 2.45) is 7.05 Å². The summed E-state index contributed by atoms with van der Waals surface area (Å²) in [5, 5.41) is 4.56. The predicted octanol–water partition coefficient (Wildman–Crippen LogP) is 2.97. The largest absolute Gasteiger partial charge is 0.383 e. The first-order valence-electron chi connectivity index (χ1n) is 6.38. The molecule has 96 valence electrons. The minimum atomic E-state index is 0.399. The van der Waals surface area contributed by atoms with Crippen molar-refractivity contribution in [1.82, 2.24) is 14.8 Å². The normalized spacial score (nSPS) is 12.6. The molecule has 1 atom stereocenters. The Bertz CT molecular complexity index is 516. The van der Waals surface area contributed by atoms with E-state index in [2.05, 4.69) is 23.9 Å². The summed E-state index contributed by atoms with van der Waals surface area (Å²) in [6, 6.07) is 5.86. The fraction of sp³-hybridized carbons (Fsp3) is 0.429. The van der Waals surface area contributed by atoms with Gasteiger partial charge in [-0.15, -0.1) is 0 Å². The average molecular weight is 244 g/mol. The van der Waals surface area contributed by atoms with E-state index in [1.165, 1.54) is 0 Å². The molecule has 0 aliphatic rings. The lowest BCUT2D eigenvalue weighted by Gasteiger charge is -2.09. The van der Waals surface area contributed by atoms with Crippen LogP contribution in [0.25, 0.3) is 11.3 Å². The molecular formula is C14H20N4. The van der Waals surface area contributed by atoms with Crippen LogP contribution < -0.4 is 5.73 Å². The molecule has 0 aliphatic heterocycles. The molecule has 0 spiro atoms. The first-order valence-corrected chi connectivity index (χ1v) is 6.38. The topological polar surface area (TPSA) is 56.7 Å². The van der Waals surface area contributed by atoms with Gasteiger partial charge in [0.05, 0.1) is 17.0 Å². The van der Waals surface area contributed by atoms with Gasteiger partial charge in [0.25, 0.3) is 0 Å². The monoisotopic (exact) mass is 244 g/mol. The first-order chi connectivity index (χ1) is 8.65. The van der Waals surface area contributed by atoms with Crippen LogP contribution in [0.1, 0.15) is 38.3 Å². The molecule has 2 aromatic rings. The van der Waals surface area contributed by atoms with E-state index < -0.39 is 0 Å². The Balaban J connectivity index is 2.52. The van der Waals surface area contributed by atoms with Crippen molar-refractivity contribution in [2.45, 2.75) is 32.6 Å². The Labute approximate surface area is 108 Å². The van der Waals surface area contributed by atoms with Crippen molar-refractivity contribution in [1.29, 1.82) is 0 Å². The standard InChI is InChI=1S/C14H20N4/c1-4-7-10(2)13-12(14(15)18(3)17-13)11-8-5-6-9-16-11/h5-6,8-10H,4,7,15H2,1-3H3. The molecule has 18 heavy (non-hydrogen) atoms. The highest BCUT2D eigenvalue weighted by Crippen LogP contribution is 2.33. The third kappa shape index (κ3) is 2.23. The number of nitrogens with two attached hydrogens (primary N) is 1. The fourth-order valence-electron chi connectivity index (χ4n) is 2.25. The maximum atomic E-state index is 6.13. The second-order valence-corrected chi connectivity index (χ2v) is 4.67. The van der Waals surface area contributed by atoms with Gasteiger partial charge in [0, 0.05) is 19.2 Å². The molecule has 4 heteroatoms. The summed E-state index contributed by atoms with van der Waals surface area (Å²) in [5.41, 5.74) is 9.07. The second-order valence-electron chi connectivity index (χ2n) is 4.67. The smallest absolute Gasteiger partial charge is 0.131 e. The maximum absolute atomic E-state index is 6.13. The molecule has 0 aromatic carbocycles. The van der Waals surface area contributed by atoms with E-state index in [0.717, 1.165) is 29.8 Å². The van der Waals surface area contributed by atoms with Gasteiger partial charge >= 0.3 is 0 Å². The molecule has 1 unspecified atom stereocenters. The van der Waals surface area contributed by atoms with E-state index in [-0.39, 0.29) is 0 Å². The third-order valence-electron chi connectivity index (χ3n) is 3.23. The van der Waals surface area contributed by atoms with E-state index in [1.807, 2.05) is 25.2 Å². The lowest BCUT2D eigenvalue weighted by atomic mass is 9.97. The third-order valence-corrected chi connectivity index (χ3v) is 3.23. The van der Waals surface area contributed by atoms with Crippen LogP contribution in [-0.2, 0) is 7.05 Å². The van der Waals surface area contributed by atoms with Crippen LogP contribution in [0.4, 0.5) is 5.82 Å². The molecule has 2 aromatic heterocycles. The van der Waals surface area contributed by atoms with E-state index >= 15 is 0 Å². The molecule has 0 amide bonds. The van der Waals surface area contributed by atoms with Crippen LogP contribution in [0.5, 0.6) is 0 Å². The van der Waals surface area contributed by atoms with Crippen molar-refractivity contribution in [3.05, 3.63) is 30.1 Å². The summed E-state index contributed by atoms with van der Waals surface area (Å²) in [6.07, 6.45) is 4.03. The summed E-state index contributed by atoms with van der Waals surface area (Å²) in [6.45, 7) is 4.38. The van der Waals surface area contributed by atoms with Crippen LogP contribution in [-0.4, -0.2) is 14.8 Å². The van der Waals surface area contributed by atoms with E-state index in [1.54, 1.807) is 10.9 Å². The van der Waals surface area contributed by atoms with Gasteiger partial charge in [0.2, 0.25) is 0 Å². The van der Waals surface area contributed by atoms with Gasteiger partial charge in [-0.05, 0) is 18.6 Å². The van der Waals surface area contributed by atoms with Crippen molar-refractivity contribution in [3.63, 3.8) is 0 Å². The number of nitrogen functional groups attached to an aromatic ring is 1. The highest BCUT2D eigenvalue weighted by molar-refractivity contribution is 5.74. The fourth-order valence-corrected chi connectivity index (χ4v) is 2.25. The average Bonchev–Trinajstić information content (AvgIpc) is 2.67. The molecule has 0 radical (unpaired) electrons. The second kappa shape index (κ2) is 5.21. The Kier molecular flexibility index (Phi) is 3.65. The number of rotatable bonds is 4. The number of hydrogen-bond acceptors (Lipinski definition) is 3. The summed E-state index contributed by atoms with van der Waals surface area (Å²) in [5.74, 6) is 1.09. The Morgan fingerprint density at radius 2 is 2.17 bits per heavy atom. The Morgan fingerprint density at radius 1 is 1.39 bits per heavy atom. The van der Waals surface area contributed by atoms with Crippen LogP contribution >= 0.6 is 0 Å². The number of anilines is 1. The molecular weight excluding hydrogens is 224 g/mol. The van der Waals surface area contributed by atoms with Crippen molar-refractivity contribution in [2.75, 3.05) is 5.73 Å². The van der Waals surface area contributed by atoms with E-state index in [9.17, 15) is 0 Å². The van der Waals surface area contributed by atoms with Crippen LogP contribution in [0, 0.1) is 0 Å². The van der Waals surface area contributed by atoms with Crippen LogP contribution in [0.3, 0.4) is 0 Å². The first kappa shape index (κ1) is 12.6. The molecule has 4 nitrogen and oxygen atoms in total. The molecule has 2 heterocycles. The number of nitrogens with zero attached hydrogens (tertiary/aromatic N) is 3. The van der Waals surface area contributed by atoms with Crippen LogP contribution in [0.2, 0.25) is 0 Å². The molecule has 2 rings (SSSR count). The lowest BCUT2D eigenvalue weighted by Crippen LogP contribution is -1.98. The quantitative estimate of drug-likeness (QED) is 0.899. The van der Waals surface area contributed by atoms with Gasteiger partial charge in [-0.2, -0.15) is 5.10 Å². The zero-order valence-electron chi connectivity index (χ0n) is 11.2. The van der Waals surface area contributed by atoms with E-state index in [0.29, 0.717) is 11.7 Å². The van der Waals surface area contributed by atoms with Crippen molar-refractivity contribution < 1.29 is 0 Å². The zero-order chi connectivity index (χ0) is 13.1. The lowest BCUT2D eigenvalue weighted by molar-refractivity contribution is 0.627. The molecule has 0 bridgehead atoms. The molecule has 2 N–H and O–H groups in total. The minimum absolute atomic E-state index is 0.399. The van der Waals surface area contributed by atoms with Gasteiger partial charge < -0.3 is 5.73 Å². The van der Waals surface area contributed by atoms with E-state index in [4.69, 9.17) is 5.73 Å². The minimum Gasteiger partial charge on any atom is -0.383 e. The Morgan fingerprint density at radius 3 is 2.78 bits per heavy atom. The summed E-state index contributed by atoms with van der Waals surface area (Å²) >= 11 is 0. The van der Waals surface area contributed by atoms with Gasteiger partial charge in [0.15, 0.2) is 0 Å². The predicted molar refractivity (Wildman–Crippen MR) is 74.2 cm³/mol. The maximum Gasteiger partial charge on any atom is 0.131 e. The van der Waals surface area contributed by atoms with Gasteiger partial charge in [-0.25, -0.2) is 0 Å². The summed E-state index contributed by atoms with van der Waals surface area (Å²) in [4.78, 5) is 4.39. The molecule has 0 saturated carbocycles. The SMILES string of the molecule is CCCC(C)c1nn(C)c(N)c1-c1ccccn1. The highest BCUT2D eigenvalue weighted by atomic mass is 15.3. The number of aromatic nitrogens is 3. The Hall–Kier alpha value is -1.84. The highest BCUT2D eigenvalue weighted by Gasteiger charge is 2.20. The molecule has 0 aliphatic carbocycles. The van der Waals surface area contributed by atoms with Crippen molar-refractivity contribution in [3.8, 4) is 11.3 Å². The molecule has 0 fully saturated rings. The van der Waals surface area contributed by atoms with Gasteiger partial charge in [0.1, 0.15) is 5.82 Å². The van der Waals surface area contributed by atoms with Crippen LogP contribution in [0.15, 0.2) is 24.4 Å². The zero-order valence-corrected chi connectivity index (χ0v) is 11.2. The van der Waals surface area contributed by atoms with Crippen molar-refractivity contribution >= 4 is 5.82 Å². The summed E-state index contributed by atoms with van der Waals surface area (Å²) < 4.78 is 1.74. The molecule has 0 saturated heterocycles. The summed E-state index contributed by atoms with van der Waals surface area (Å²) in [7, 11) is 1.88.